The molecule has 1 heterocycles. The van der Waals surface area contributed by atoms with Gasteiger partial charge in [0.25, 0.3) is 0 Å². The molecule has 4 rings (SSSR count). The minimum atomic E-state index is -4.18. The summed E-state index contributed by atoms with van der Waals surface area (Å²) in [5, 5.41) is 18.8. The Kier molecular flexibility index (Phi) is 9.38. The quantitative estimate of drug-likeness (QED) is 0.286. The van der Waals surface area contributed by atoms with Crippen LogP contribution in [-0.2, 0) is 27.4 Å². The van der Waals surface area contributed by atoms with E-state index < -0.39 is 39.3 Å². The van der Waals surface area contributed by atoms with E-state index in [0.29, 0.717) is 0 Å². The molecular weight excluding hydrogens is 548 g/mol. The van der Waals surface area contributed by atoms with Crippen LogP contribution in [0.3, 0.4) is 0 Å². The number of aliphatic hydroxyl groups excluding tert-OH is 1. The van der Waals surface area contributed by atoms with E-state index in [9.17, 15) is 22.3 Å². The Labute approximate surface area is 241 Å². The average Bonchev–Trinajstić information content (AvgIpc) is 3.25. The summed E-state index contributed by atoms with van der Waals surface area (Å²) in [7, 11) is -4.18. The smallest absolute Gasteiger partial charge is 0.246 e. The van der Waals surface area contributed by atoms with Crippen LogP contribution in [0.2, 0.25) is 0 Å². The first kappa shape index (κ1) is 31.3. The van der Waals surface area contributed by atoms with Crippen LogP contribution in [0.4, 0.5) is 8.78 Å². The standard InChI is InChI=1S/C31H41F2N3O4S/c1-20-29(21(2)40-35-20)41(38,39)36-27(16-22-14-25(32)18-26(33)15-22)28(37)19-34-31(12-7-6-8-13-31)24-11-9-10-23(17-24)30(3,4)5/h9-11,14-15,17-18,27-28,34,36-37H,6-8,12-13,16,19H2,1-5H3. The van der Waals surface area contributed by atoms with Gasteiger partial charge in [-0.15, -0.1) is 0 Å². The fraction of sp³-hybridized carbons (Fsp3) is 0.516. The maximum Gasteiger partial charge on any atom is 0.246 e. The van der Waals surface area contributed by atoms with E-state index in [1.807, 2.05) is 0 Å². The lowest BCUT2D eigenvalue weighted by Crippen LogP contribution is -2.53. The Hall–Kier alpha value is -2.66. The Bertz CT molecular complexity index is 1420. The zero-order valence-corrected chi connectivity index (χ0v) is 25.2. The Morgan fingerprint density at radius 2 is 1.71 bits per heavy atom. The van der Waals surface area contributed by atoms with Gasteiger partial charge in [-0.2, -0.15) is 0 Å². The third-order valence-electron chi connectivity index (χ3n) is 8.02. The maximum absolute atomic E-state index is 14.0. The molecule has 7 nitrogen and oxygen atoms in total. The summed E-state index contributed by atoms with van der Waals surface area (Å²) in [5.74, 6) is -1.45. The third-order valence-corrected chi connectivity index (χ3v) is 9.76. The van der Waals surface area contributed by atoms with Crippen LogP contribution in [0.15, 0.2) is 51.9 Å². The van der Waals surface area contributed by atoms with Gasteiger partial charge in [0.1, 0.15) is 22.2 Å². The summed E-state index contributed by atoms with van der Waals surface area (Å²) in [6.07, 6.45) is 3.56. The number of halogens is 2. The van der Waals surface area contributed by atoms with E-state index in [1.54, 1.807) is 0 Å². The first-order valence-corrected chi connectivity index (χ1v) is 15.6. The fourth-order valence-corrected chi connectivity index (χ4v) is 7.40. The monoisotopic (exact) mass is 589 g/mol. The minimum Gasteiger partial charge on any atom is -0.390 e. The van der Waals surface area contributed by atoms with Crippen molar-refractivity contribution in [2.75, 3.05) is 6.54 Å². The highest BCUT2D eigenvalue weighted by Crippen LogP contribution is 2.38. The second kappa shape index (κ2) is 12.3. The number of aromatic nitrogens is 1. The van der Waals surface area contributed by atoms with Gasteiger partial charge in [0.05, 0.1) is 12.1 Å². The van der Waals surface area contributed by atoms with Gasteiger partial charge in [-0.1, -0.05) is 69.5 Å². The van der Waals surface area contributed by atoms with E-state index in [0.717, 1.165) is 55.9 Å². The number of sulfonamides is 1. The molecule has 41 heavy (non-hydrogen) atoms. The SMILES string of the molecule is Cc1noc(C)c1S(=O)(=O)NC(Cc1cc(F)cc(F)c1)C(O)CNC1(c2cccc(C(C)(C)C)c2)CCCCC1. The number of hydrogen-bond donors (Lipinski definition) is 3. The van der Waals surface area contributed by atoms with Gasteiger partial charge in [-0.05, 0) is 67.3 Å². The predicted octanol–water partition coefficient (Wildman–Crippen LogP) is 5.57. The number of nitrogens with zero attached hydrogens (tertiary/aromatic N) is 1. The van der Waals surface area contributed by atoms with Gasteiger partial charge in [-0.25, -0.2) is 21.9 Å². The van der Waals surface area contributed by atoms with Crippen molar-refractivity contribution in [3.8, 4) is 0 Å². The molecule has 1 fully saturated rings. The highest BCUT2D eigenvalue weighted by atomic mass is 32.2. The van der Waals surface area contributed by atoms with Crippen molar-refractivity contribution in [3.05, 3.63) is 82.2 Å². The zero-order chi connectivity index (χ0) is 30.0. The van der Waals surface area contributed by atoms with Crippen LogP contribution in [0, 0.1) is 25.5 Å². The molecule has 1 aliphatic rings. The fourth-order valence-electron chi connectivity index (χ4n) is 5.80. The molecule has 3 aromatic rings. The maximum atomic E-state index is 14.0. The summed E-state index contributed by atoms with van der Waals surface area (Å²) in [6, 6.07) is 10.4. The van der Waals surface area contributed by atoms with Crippen molar-refractivity contribution in [2.24, 2.45) is 0 Å². The predicted molar refractivity (Wildman–Crippen MR) is 154 cm³/mol. The summed E-state index contributed by atoms with van der Waals surface area (Å²) in [5.41, 5.74) is 2.32. The van der Waals surface area contributed by atoms with Crippen LogP contribution in [0.5, 0.6) is 0 Å². The van der Waals surface area contributed by atoms with Crippen LogP contribution in [0.25, 0.3) is 0 Å². The van der Waals surface area contributed by atoms with Gasteiger partial charge < -0.3 is 14.9 Å². The van der Waals surface area contributed by atoms with E-state index in [1.165, 1.54) is 19.4 Å². The molecule has 10 heteroatoms. The van der Waals surface area contributed by atoms with Crippen molar-refractivity contribution < 1.29 is 26.8 Å². The largest absolute Gasteiger partial charge is 0.390 e. The molecular formula is C31H41F2N3O4S. The summed E-state index contributed by atoms with van der Waals surface area (Å²) >= 11 is 0. The van der Waals surface area contributed by atoms with Gasteiger partial charge in [0, 0.05) is 18.2 Å². The first-order chi connectivity index (χ1) is 19.2. The lowest BCUT2D eigenvalue weighted by atomic mass is 9.74. The first-order valence-electron chi connectivity index (χ1n) is 14.1. The molecule has 2 atom stereocenters. The van der Waals surface area contributed by atoms with E-state index in [-0.39, 0.29) is 40.3 Å². The summed E-state index contributed by atoms with van der Waals surface area (Å²) < 4.78 is 62.5. The molecule has 0 spiro atoms. The summed E-state index contributed by atoms with van der Waals surface area (Å²) in [6.45, 7) is 9.57. The molecule has 1 aromatic heterocycles. The Balaban J connectivity index is 1.63. The van der Waals surface area contributed by atoms with Crippen molar-refractivity contribution >= 4 is 10.0 Å². The van der Waals surface area contributed by atoms with Crippen molar-refractivity contribution in [3.63, 3.8) is 0 Å². The molecule has 3 N–H and O–H groups in total. The highest BCUT2D eigenvalue weighted by molar-refractivity contribution is 7.89. The second-order valence-corrected chi connectivity index (χ2v) is 13.9. The molecule has 224 valence electrons. The number of rotatable bonds is 10. The molecule has 2 aromatic carbocycles. The van der Waals surface area contributed by atoms with E-state index in [4.69, 9.17) is 4.52 Å². The Morgan fingerprint density at radius 3 is 2.29 bits per heavy atom. The lowest BCUT2D eigenvalue weighted by molar-refractivity contribution is 0.111. The molecule has 2 unspecified atom stereocenters. The van der Waals surface area contributed by atoms with E-state index >= 15 is 0 Å². The summed E-state index contributed by atoms with van der Waals surface area (Å²) in [4.78, 5) is -0.115. The normalized spacial score (nSPS) is 17.4. The van der Waals surface area contributed by atoms with Gasteiger partial charge in [0.15, 0.2) is 5.76 Å². The highest BCUT2D eigenvalue weighted by Gasteiger charge is 2.37. The molecule has 1 saturated carbocycles. The molecule has 0 radical (unpaired) electrons. The minimum absolute atomic E-state index is 0.0345. The van der Waals surface area contributed by atoms with Gasteiger partial charge in [-0.3, -0.25) is 0 Å². The molecule has 0 amide bonds. The number of aliphatic hydroxyl groups is 1. The van der Waals surface area contributed by atoms with Crippen molar-refractivity contribution in [1.82, 2.24) is 15.2 Å². The molecule has 0 aliphatic heterocycles. The number of nitrogens with one attached hydrogen (secondary N) is 2. The number of benzene rings is 2. The number of aryl methyl sites for hydroxylation is 2. The topological polar surface area (TPSA) is 104 Å². The molecule has 0 bridgehead atoms. The Morgan fingerprint density at radius 1 is 1.05 bits per heavy atom. The molecule has 0 saturated heterocycles. The number of hydrogen-bond acceptors (Lipinski definition) is 6. The van der Waals surface area contributed by atoms with Crippen LogP contribution in [-0.4, -0.2) is 37.4 Å². The van der Waals surface area contributed by atoms with Crippen LogP contribution < -0.4 is 10.0 Å². The average molecular weight is 590 g/mol. The van der Waals surface area contributed by atoms with E-state index in [2.05, 4.69) is 60.2 Å². The van der Waals surface area contributed by atoms with Crippen LogP contribution >= 0.6 is 0 Å². The zero-order valence-electron chi connectivity index (χ0n) is 24.4. The molecule has 1 aliphatic carbocycles. The lowest BCUT2D eigenvalue weighted by Gasteiger charge is -2.41. The van der Waals surface area contributed by atoms with Crippen molar-refractivity contribution in [2.45, 2.75) is 101 Å². The van der Waals surface area contributed by atoms with Gasteiger partial charge >= 0.3 is 0 Å². The third kappa shape index (κ3) is 7.41. The van der Waals surface area contributed by atoms with Crippen LogP contribution in [0.1, 0.15) is 81.0 Å². The second-order valence-electron chi connectivity index (χ2n) is 12.3. The van der Waals surface area contributed by atoms with Crippen molar-refractivity contribution in [1.29, 1.82) is 0 Å². The van der Waals surface area contributed by atoms with Gasteiger partial charge in [0.2, 0.25) is 10.0 Å².